The molecule has 2 aromatic rings. The van der Waals surface area contributed by atoms with E-state index < -0.39 is 21.8 Å². The maximum Gasteiger partial charge on any atom is 0.233 e. The number of rotatable bonds is 8. The van der Waals surface area contributed by atoms with E-state index in [-0.39, 0.29) is 25.3 Å². The summed E-state index contributed by atoms with van der Waals surface area (Å²) in [6.45, 7) is 1.39. The number of carbonyl (C=O) groups excluding carboxylic acids is 1. The van der Waals surface area contributed by atoms with Crippen LogP contribution in [-0.2, 0) is 14.8 Å². The molecule has 0 bridgehead atoms. The van der Waals surface area contributed by atoms with Crippen molar-refractivity contribution in [2.45, 2.75) is 6.04 Å². The number of carbonyl (C=O) groups is 1. The van der Waals surface area contributed by atoms with E-state index in [1.807, 2.05) is 4.90 Å². The van der Waals surface area contributed by atoms with Crippen molar-refractivity contribution in [3.8, 4) is 5.75 Å². The number of nitrogens with zero attached hydrogens (tertiary/aromatic N) is 3. The van der Waals surface area contributed by atoms with Crippen molar-refractivity contribution in [3.05, 3.63) is 59.9 Å². The first-order valence-electron chi connectivity index (χ1n) is 9.39. The van der Waals surface area contributed by atoms with Gasteiger partial charge in [0.2, 0.25) is 16.4 Å². The summed E-state index contributed by atoms with van der Waals surface area (Å²) in [5.74, 6) is -0.305. The Morgan fingerprint density at radius 2 is 1.83 bits per heavy atom. The number of hydroxylamine groups is 2. The van der Waals surface area contributed by atoms with Crippen molar-refractivity contribution < 1.29 is 27.5 Å². The second-order valence-electron chi connectivity index (χ2n) is 6.92. The molecule has 10 heteroatoms. The molecule has 8 nitrogen and oxygen atoms in total. The van der Waals surface area contributed by atoms with Gasteiger partial charge in [0.15, 0.2) is 0 Å². The van der Waals surface area contributed by atoms with Crippen molar-refractivity contribution in [3.63, 3.8) is 0 Å². The smallest absolute Gasteiger partial charge is 0.233 e. The average molecular weight is 437 g/mol. The lowest BCUT2D eigenvalue weighted by Gasteiger charge is -2.36. The van der Waals surface area contributed by atoms with Gasteiger partial charge in [-0.15, -0.1) is 0 Å². The number of sulfonamides is 1. The van der Waals surface area contributed by atoms with Crippen molar-refractivity contribution in [2.75, 3.05) is 43.9 Å². The standard InChI is InChI=1S/C20H24FN3O5S/c1-29-19-4-2-3-16(13-19)20(24(26)15-25)14-30(27,28)23-11-9-22(10-12-23)18-7-5-17(21)6-8-18/h2-8,13,15,20,26H,9-12,14H2,1H3. The van der Waals surface area contributed by atoms with Crippen LogP contribution >= 0.6 is 0 Å². The van der Waals surface area contributed by atoms with Crippen molar-refractivity contribution in [1.82, 2.24) is 9.37 Å². The monoisotopic (exact) mass is 437 g/mol. The number of anilines is 1. The molecule has 1 aliphatic rings. The Bertz CT molecular complexity index is 963. The minimum Gasteiger partial charge on any atom is -0.497 e. The Morgan fingerprint density at radius 3 is 2.43 bits per heavy atom. The molecular formula is C20H24FN3O5S. The van der Waals surface area contributed by atoms with Crippen LogP contribution in [0.5, 0.6) is 5.75 Å². The molecule has 2 aromatic carbocycles. The molecule has 0 spiro atoms. The Hall–Kier alpha value is -2.69. The molecule has 0 radical (unpaired) electrons. The minimum atomic E-state index is -3.77. The molecule has 1 atom stereocenters. The lowest BCUT2D eigenvalue weighted by molar-refractivity contribution is -0.159. The summed E-state index contributed by atoms with van der Waals surface area (Å²) in [4.78, 5) is 13.1. The van der Waals surface area contributed by atoms with Gasteiger partial charge in [-0.05, 0) is 42.0 Å². The molecule has 1 unspecified atom stereocenters. The van der Waals surface area contributed by atoms with E-state index in [4.69, 9.17) is 4.74 Å². The summed E-state index contributed by atoms with van der Waals surface area (Å²) in [6.07, 6.45) is 0.187. The highest BCUT2D eigenvalue weighted by atomic mass is 32.2. The summed E-state index contributed by atoms with van der Waals surface area (Å²) >= 11 is 0. The average Bonchev–Trinajstić information content (AvgIpc) is 2.77. The first kappa shape index (κ1) is 22.0. The Labute approximate surface area is 175 Å². The van der Waals surface area contributed by atoms with Crippen LogP contribution in [0.2, 0.25) is 0 Å². The molecule has 1 aliphatic heterocycles. The fourth-order valence-corrected chi connectivity index (χ4v) is 5.10. The van der Waals surface area contributed by atoms with Gasteiger partial charge in [0, 0.05) is 31.9 Å². The second kappa shape index (κ2) is 9.41. The van der Waals surface area contributed by atoms with Gasteiger partial charge in [-0.2, -0.15) is 4.31 Å². The van der Waals surface area contributed by atoms with Gasteiger partial charge in [0.1, 0.15) is 11.6 Å². The Balaban J connectivity index is 1.72. The molecule has 0 aliphatic carbocycles. The van der Waals surface area contributed by atoms with Crippen LogP contribution in [0, 0.1) is 5.82 Å². The molecule has 0 aromatic heterocycles. The lowest BCUT2D eigenvalue weighted by Crippen LogP contribution is -2.50. The number of ether oxygens (including phenoxy) is 1. The highest BCUT2D eigenvalue weighted by Crippen LogP contribution is 2.26. The first-order chi connectivity index (χ1) is 14.3. The quantitative estimate of drug-likeness (QED) is 0.385. The molecule has 3 rings (SSSR count). The summed E-state index contributed by atoms with van der Waals surface area (Å²) in [6, 6.07) is 11.5. The lowest BCUT2D eigenvalue weighted by atomic mass is 10.1. The maximum atomic E-state index is 13.1. The molecule has 1 heterocycles. The van der Waals surface area contributed by atoms with E-state index >= 15 is 0 Å². The number of piperazine rings is 1. The first-order valence-corrected chi connectivity index (χ1v) is 11.0. The van der Waals surface area contributed by atoms with Gasteiger partial charge in [-0.3, -0.25) is 10.0 Å². The van der Waals surface area contributed by atoms with E-state index in [2.05, 4.69) is 0 Å². The van der Waals surface area contributed by atoms with Crippen LogP contribution < -0.4 is 9.64 Å². The second-order valence-corrected chi connectivity index (χ2v) is 8.93. The summed E-state index contributed by atoms with van der Waals surface area (Å²) in [7, 11) is -2.30. The van der Waals surface area contributed by atoms with Crippen LogP contribution in [0.4, 0.5) is 10.1 Å². The number of halogens is 1. The van der Waals surface area contributed by atoms with E-state index in [9.17, 15) is 22.8 Å². The van der Waals surface area contributed by atoms with Crippen LogP contribution in [0.15, 0.2) is 48.5 Å². The van der Waals surface area contributed by atoms with Crippen LogP contribution in [0.3, 0.4) is 0 Å². The molecular weight excluding hydrogens is 413 g/mol. The fourth-order valence-electron chi connectivity index (χ4n) is 3.43. The molecule has 30 heavy (non-hydrogen) atoms. The van der Waals surface area contributed by atoms with Crippen LogP contribution in [-0.4, -0.2) is 68.4 Å². The van der Waals surface area contributed by atoms with E-state index in [0.717, 1.165) is 5.69 Å². The van der Waals surface area contributed by atoms with Gasteiger partial charge < -0.3 is 9.64 Å². The summed E-state index contributed by atoms with van der Waals surface area (Å²) in [5, 5.41) is 10.4. The predicted molar refractivity (Wildman–Crippen MR) is 109 cm³/mol. The van der Waals surface area contributed by atoms with Crippen LogP contribution in [0.25, 0.3) is 0 Å². The number of benzene rings is 2. The molecule has 1 N–H and O–H groups in total. The highest BCUT2D eigenvalue weighted by Gasteiger charge is 2.32. The summed E-state index contributed by atoms with van der Waals surface area (Å²) in [5.41, 5.74) is 1.27. The number of amides is 1. The van der Waals surface area contributed by atoms with Gasteiger partial charge in [0.05, 0.1) is 18.9 Å². The van der Waals surface area contributed by atoms with Crippen molar-refractivity contribution >= 4 is 22.1 Å². The Kier molecular flexibility index (Phi) is 6.91. The van der Waals surface area contributed by atoms with Crippen molar-refractivity contribution in [2.24, 2.45) is 0 Å². The normalized spacial score (nSPS) is 16.2. The number of hydrogen-bond acceptors (Lipinski definition) is 6. The van der Waals surface area contributed by atoms with Gasteiger partial charge in [-0.1, -0.05) is 12.1 Å². The van der Waals surface area contributed by atoms with Gasteiger partial charge >= 0.3 is 0 Å². The molecule has 1 saturated heterocycles. The van der Waals surface area contributed by atoms with Crippen molar-refractivity contribution in [1.29, 1.82) is 0 Å². The van der Waals surface area contributed by atoms with E-state index in [0.29, 0.717) is 29.5 Å². The zero-order chi connectivity index (χ0) is 21.7. The fraction of sp³-hybridized carbons (Fsp3) is 0.350. The Morgan fingerprint density at radius 1 is 1.17 bits per heavy atom. The number of methoxy groups -OCH3 is 1. The van der Waals surface area contributed by atoms with Gasteiger partial charge in [0.25, 0.3) is 0 Å². The molecule has 1 fully saturated rings. The highest BCUT2D eigenvalue weighted by molar-refractivity contribution is 7.89. The number of hydrogen-bond donors (Lipinski definition) is 1. The topological polar surface area (TPSA) is 90.4 Å². The molecule has 1 amide bonds. The minimum absolute atomic E-state index is 0.187. The zero-order valence-electron chi connectivity index (χ0n) is 16.5. The SMILES string of the molecule is COc1cccc(C(CS(=O)(=O)N2CCN(c3ccc(F)cc3)CC2)N(O)C=O)c1. The molecule has 162 valence electrons. The predicted octanol–water partition coefficient (Wildman–Crippen LogP) is 1.87. The van der Waals surface area contributed by atoms with Gasteiger partial charge in [-0.25, -0.2) is 17.9 Å². The largest absolute Gasteiger partial charge is 0.497 e. The third-order valence-electron chi connectivity index (χ3n) is 5.10. The maximum absolute atomic E-state index is 13.1. The third-order valence-corrected chi connectivity index (χ3v) is 6.99. The van der Waals surface area contributed by atoms with E-state index in [1.165, 1.54) is 23.5 Å². The third kappa shape index (κ3) is 5.07. The summed E-state index contributed by atoms with van der Waals surface area (Å²) < 4.78 is 45.6. The van der Waals surface area contributed by atoms with Crippen LogP contribution in [0.1, 0.15) is 11.6 Å². The van der Waals surface area contributed by atoms with E-state index in [1.54, 1.807) is 36.4 Å². The molecule has 0 saturated carbocycles. The zero-order valence-corrected chi connectivity index (χ0v) is 17.3.